The highest BCUT2D eigenvalue weighted by Crippen LogP contribution is 2.42. The fourth-order valence-corrected chi connectivity index (χ4v) is 9.52. The quantitative estimate of drug-likeness (QED) is 0.161. The Morgan fingerprint density at radius 1 is 0.278 bits per heavy atom. The molecule has 0 unspecified atom stereocenters. The first kappa shape index (κ1) is 30.8. The van der Waals surface area contributed by atoms with Crippen molar-refractivity contribution in [1.29, 1.82) is 0 Å². The van der Waals surface area contributed by atoms with Crippen LogP contribution in [0, 0.1) is 0 Å². The lowest BCUT2D eigenvalue weighted by Gasteiger charge is -2.26. The number of rotatable bonds is 5. The maximum absolute atomic E-state index is 2.39. The average Bonchev–Trinajstić information content (AvgIpc) is 3.62. The highest BCUT2D eigenvalue weighted by Gasteiger charge is 2.16. The second-order valence-electron chi connectivity index (χ2n) is 14.1. The number of fused-ring (bicyclic) bond motifs is 9. The molecule has 0 spiro atoms. The van der Waals surface area contributed by atoms with Gasteiger partial charge in [0.15, 0.2) is 0 Å². The van der Waals surface area contributed by atoms with Crippen LogP contribution in [0.25, 0.3) is 85.5 Å². The van der Waals surface area contributed by atoms with Gasteiger partial charge in [-0.25, -0.2) is 0 Å². The minimum atomic E-state index is 1.12. The van der Waals surface area contributed by atoms with Gasteiger partial charge in [-0.3, -0.25) is 0 Å². The summed E-state index contributed by atoms with van der Waals surface area (Å²) in [5, 5.41) is 12.9. The van der Waals surface area contributed by atoms with Crippen LogP contribution in [0.4, 0.5) is 17.1 Å². The first-order valence-corrected chi connectivity index (χ1v) is 19.3. The molecule has 1 aromatic heterocycles. The van der Waals surface area contributed by atoms with Crippen LogP contribution in [-0.2, 0) is 0 Å². The highest BCUT2D eigenvalue weighted by atomic mass is 32.1. The zero-order valence-electron chi connectivity index (χ0n) is 29.4. The third kappa shape index (κ3) is 5.07. The molecule has 0 fully saturated rings. The molecule has 0 saturated carbocycles. The second-order valence-corrected chi connectivity index (χ2v) is 15.2. The molecule has 2 heteroatoms. The maximum atomic E-state index is 2.39. The van der Waals surface area contributed by atoms with Crippen LogP contribution in [0.3, 0.4) is 0 Å². The SMILES string of the molecule is c1ccc2c(-c3ccc(N(c4ccc(-c5ccc6c(ccc7c8ccccc8ccc67)c5)cc4)c4ccc5c(c4)sc4ccccc45)cc3)cccc2c1. The van der Waals surface area contributed by atoms with E-state index < -0.39 is 0 Å². The topological polar surface area (TPSA) is 3.24 Å². The summed E-state index contributed by atoms with van der Waals surface area (Å²) in [6.07, 6.45) is 0. The molecule has 0 aliphatic heterocycles. The molecule has 0 aliphatic rings. The molecule has 0 radical (unpaired) electrons. The van der Waals surface area contributed by atoms with E-state index >= 15 is 0 Å². The highest BCUT2D eigenvalue weighted by molar-refractivity contribution is 7.25. The summed E-state index contributed by atoms with van der Waals surface area (Å²) in [7, 11) is 0. The Bertz CT molecular complexity index is 3200. The summed E-state index contributed by atoms with van der Waals surface area (Å²) in [5.74, 6) is 0. The molecule has 0 N–H and O–H groups in total. The molecule has 0 amide bonds. The Hall–Kier alpha value is -6.74. The van der Waals surface area contributed by atoms with Gasteiger partial charge in [-0.1, -0.05) is 152 Å². The summed E-state index contributed by atoms with van der Waals surface area (Å²) in [6, 6.07) is 73.5. The Morgan fingerprint density at radius 2 is 0.796 bits per heavy atom. The molecule has 0 aliphatic carbocycles. The van der Waals surface area contributed by atoms with Crippen molar-refractivity contribution in [1.82, 2.24) is 0 Å². The number of thiophene rings is 1. The van der Waals surface area contributed by atoms with Crippen LogP contribution < -0.4 is 4.90 Å². The fraction of sp³-hybridized carbons (Fsp3) is 0. The van der Waals surface area contributed by atoms with E-state index in [4.69, 9.17) is 0 Å². The van der Waals surface area contributed by atoms with Crippen LogP contribution in [0.1, 0.15) is 0 Å². The standard InChI is InChI=1S/C52H33NS/c1-3-11-43-35(8-1)10-7-14-44(43)37-18-25-41(26-19-37)53(42-27-31-50-49-13-5-6-15-51(49)54-52(50)33-42)40-23-16-34(17-24-40)38-21-28-46-39(32-38)22-30-47-45-12-4-2-9-36(45)20-29-48(46)47/h1-33H. The maximum Gasteiger partial charge on any atom is 0.0476 e. The molecule has 0 saturated heterocycles. The van der Waals surface area contributed by atoms with Crippen molar-refractivity contribution < 1.29 is 0 Å². The number of anilines is 3. The van der Waals surface area contributed by atoms with Crippen LogP contribution in [-0.4, -0.2) is 0 Å². The van der Waals surface area contributed by atoms with E-state index in [0.717, 1.165) is 17.1 Å². The van der Waals surface area contributed by atoms with Gasteiger partial charge in [0.05, 0.1) is 0 Å². The van der Waals surface area contributed by atoms with Crippen LogP contribution in [0.2, 0.25) is 0 Å². The van der Waals surface area contributed by atoms with Crippen LogP contribution in [0.5, 0.6) is 0 Å². The van der Waals surface area contributed by atoms with Gasteiger partial charge in [0.2, 0.25) is 0 Å². The zero-order valence-corrected chi connectivity index (χ0v) is 30.2. The van der Waals surface area contributed by atoms with E-state index in [-0.39, 0.29) is 0 Å². The van der Waals surface area contributed by atoms with Crippen molar-refractivity contribution in [2.45, 2.75) is 0 Å². The second kappa shape index (κ2) is 12.4. The molecule has 1 heterocycles. The van der Waals surface area contributed by atoms with Gasteiger partial charge in [-0.05, 0) is 114 Å². The first-order valence-electron chi connectivity index (χ1n) is 18.5. The minimum Gasteiger partial charge on any atom is -0.310 e. The van der Waals surface area contributed by atoms with Crippen molar-refractivity contribution in [3.8, 4) is 22.3 Å². The molecule has 252 valence electrons. The molecule has 0 bridgehead atoms. The van der Waals surface area contributed by atoms with Gasteiger partial charge >= 0.3 is 0 Å². The smallest absolute Gasteiger partial charge is 0.0476 e. The number of hydrogen-bond donors (Lipinski definition) is 0. The molecule has 10 aromatic carbocycles. The van der Waals surface area contributed by atoms with E-state index in [1.165, 1.54) is 85.5 Å². The van der Waals surface area contributed by atoms with Crippen LogP contribution >= 0.6 is 11.3 Å². The lowest BCUT2D eigenvalue weighted by Crippen LogP contribution is -2.09. The van der Waals surface area contributed by atoms with Gasteiger partial charge in [0.25, 0.3) is 0 Å². The minimum absolute atomic E-state index is 1.12. The summed E-state index contributed by atoms with van der Waals surface area (Å²) < 4.78 is 2.61. The van der Waals surface area contributed by atoms with E-state index in [0.29, 0.717) is 0 Å². The molecule has 0 atom stereocenters. The largest absolute Gasteiger partial charge is 0.310 e. The molecule has 11 rings (SSSR count). The van der Waals surface area contributed by atoms with Crippen molar-refractivity contribution >= 4 is 91.7 Å². The Balaban J connectivity index is 0.996. The van der Waals surface area contributed by atoms with Crippen LogP contribution in [0.15, 0.2) is 200 Å². The lowest BCUT2D eigenvalue weighted by molar-refractivity contribution is 1.29. The summed E-state index contributed by atoms with van der Waals surface area (Å²) in [6.45, 7) is 0. The molecule has 1 nitrogen and oxygen atoms in total. The predicted molar refractivity (Wildman–Crippen MR) is 235 cm³/mol. The Kier molecular flexibility index (Phi) is 7.11. The molecule has 11 aromatic rings. The predicted octanol–water partition coefficient (Wildman–Crippen LogP) is 15.5. The summed E-state index contributed by atoms with van der Waals surface area (Å²) >= 11 is 1.86. The number of hydrogen-bond acceptors (Lipinski definition) is 2. The van der Waals surface area contributed by atoms with Gasteiger partial charge in [-0.15, -0.1) is 11.3 Å². The average molecular weight is 704 g/mol. The monoisotopic (exact) mass is 703 g/mol. The Labute approximate surface area is 317 Å². The van der Waals surface area contributed by atoms with Gasteiger partial charge < -0.3 is 4.90 Å². The van der Waals surface area contributed by atoms with Crippen molar-refractivity contribution in [2.24, 2.45) is 0 Å². The van der Waals surface area contributed by atoms with E-state index in [1.807, 2.05) is 11.3 Å². The van der Waals surface area contributed by atoms with E-state index in [2.05, 4.69) is 205 Å². The zero-order chi connectivity index (χ0) is 35.6. The van der Waals surface area contributed by atoms with Gasteiger partial charge in [-0.2, -0.15) is 0 Å². The van der Waals surface area contributed by atoms with Crippen molar-refractivity contribution in [2.75, 3.05) is 4.90 Å². The third-order valence-corrected chi connectivity index (χ3v) is 12.2. The number of benzene rings is 10. The normalized spacial score (nSPS) is 11.7. The van der Waals surface area contributed by atoms with Crippen molar-refractivity contribution in [3.05, 3.63) is 200 Å². The number of nitrogens with zero attached hydrogens (tertiary/aromatic N) is 1. The molecule has 54 heavy (non-hydrogen) atoms. The first-order chi connectivity index (χ1) is 26.7. The molecular formula is C52H33NS. The van der Waals surface area contributed by atoms with E-state index in [9.17, 15) is 0 Å². The summed E-state index contributed by atoms with van der Waals surface area (Å²) in [4.78, 5) is 2.39. The van der Waals surface area contributed by atoms with Gasteiger partial charge in [0.1, 0.15) is 0 Å². The fourth-order valence-electron chi connectivity index (χ4n) is 8.38. The Morgan fingerprint density at radius 3 is 1.57 bits per heavy atom. The molecular weight excluding hydrogens is 671 g/mol. The van der Waals surface area contributed by atoms with E-state index in [1.54, 1.807) is 0 Å². The lowest BCUT2D eigenvalue weighted by atomic mass is 9.95. The summed E-state index contributed by atoms with van der Waals surface area (Å²) in [5.41, 5.74) is 8.26. The van der Waals surface area contributed by atoms with Gasteiger partial charge in [0, 0.05) is 37.2 Å². The third-order valence-electron chi connectivity index (χ3n) is 11.0. The van der Waals surface area contributed by atoms with Crippen molar-refractivity contribution in [3.63, 3.8) is 0 Å².